The van der Waals surface area contributed by atoms with Gasteiger partial charge < -0.3 is 10.1 Å². The summed E-state index contributed by atoms with van der Waals surface area (Å²) in [6.45, 7) is 6.68. The highest BCUT2D eigenvalue weighted by molar-refractivity contribution is 5.87. The van der Waals surface area contributed by atoms with Crippen molar-refractivity contribution in [3.05, 3.63) is 11.3 Å². The number of rotatable bonds is 3. The number of amides is 1. The molecule has 0 spiro atoms. The average Bonchev–Trinajstić information content (AvgIpc) is 2.21. The van der Waals surface area contributed by atoms with Gasteiger partial charge in [0.05, 0.1) is 7.11 Å². The van der Waals surface area contributed by atoms with Gasteiger partial charge in [-0.3, -0.25) is 4.79 Å². The molecule has 0 aliphatic carbocycles. The molecule has 1 aliphatic heterocycles. The molecule has 1 aliphatic rings. The van der Waals surface area contributed by atoms with Gasteiger partial charge in [-0.1, -0.05) is 13.8 Å². The highest BCUT2D eigenvalue weighted by Gasteiger charge is 2.43. The molecule has 0 unspecified atom stereocenters. The van der Waals surface area contributed by atoms with Crippen molar-refractivity contribution in [2.45, 2.75) is 33.6 Å². The normalized spacial score (nSPS) is 20.7. The lowest BCUT2D eigenvalue weighted by Crippen LogP contribution is -2.47. The Morgan fingerprint density at radius 3 is 2.36 bits per heavy atom. The molecule has 1 rings (SSSR count). The van der Waals surface area contributed by atoms with Crippen LogP contribution in [0.25, 0.3) is 0 Å². The Morgan fingerprint density at radius 2 is 2.00 bits per heavy atom. The molecule has 0 bridgehead atoms. The zero-order chi connectivity index (χ0) is 10.8. The Bertz CT molecular complexity index is 264. The number of nitrogens with one attached hydrogen (secondary N) is 1. The van der Waals surface area contributed by atoms with E-state index in [2.05, 4.69) is 5.32 Å². The second-order valence-corrected chi connectivity index (χ2v) is 3.79. The van der Waals surface area contributed by atoms with Crippen molar-refractivity contribution in [3.63, 3.8) is 0 Å². The number of carbonyl (C=O) groups is 1. The lowest BCUT2D eigenvalue weighted by molar-refractivity contribution is -0.132. The van der Waals surface area contributed by atoms with Crippen LogP contribution in [0.15, 0.2) is 11.3 Å². The van der Waals surface area contributed by atoms with Crippen LogP contribution < -0.4 is 5.32 Å². The molecule has 0 atom stereocenters. The summed E-state index contributed by atoms with van der Waals surface area (Å²) in [5.74, 6) is 0.969. The zero-order valence-electron chi connectivity index (χ0n) is 9.44. The predicted octanol–water partition coefficient (Wildman–Crippen LogP) is 1.84. The number of ether oxygens (including phenoxy) is 1. The van der Waals surface area contributed by atoms with Gasteiger partial charge >= 0.3 is 0 Å². The van der Waals surface area contributed by atoms with Crippen LogP contribution >= 0.6 is 0 Å². The fourth-order valence-electron chi connectivity index (χ4n) is 2.24. The van der Waals surface area contributed by atoms with Crippen molar-refractivity contribution in [1.29, 1.82) is 0 Å². The molecule has 0 radical (unpaired) electrons. The highest BCUT2D eigenvalue weighted by atomic mass is 16.5. The molecule has 3 heteroatoms. The van der Waals surface area contributed by atoms with Gasteiger partial charge in [-0.25, -0.2) is 0 Å². The third kappa shape index (κ3) is 1.41. The summed E-state index contributed by atoms with van der Waals surface area (Å²) in [4.78, 5) is 11.9. The first-order valence-electron chi connectivity index (χ1n) is 5.14. The van der Waals surface area contributed by atoms with Crippen molar-refractivity contribution < 1.29 is 9.53 Å². The zero-order valence-corrected chi connectivity index (χ0v) is 9.44. The Labute approximate surface area is 85.5 Å². The van der Waals surface area contributed by atoms with Gasteiger partial charge in [-0.05, 0) is 25.3 Å². The van der Waals surface area contributed by atoms with Gasteiger partial charge in [0.15, 0.2) is 0 Å². The van der Waals surface area contributed by atoms with Crippen LogP contribution in [0.4, 0.5) is 0 Å². The molecule has 1 amide bonds. The molecule has 0 aromatic rings. The van der Waals surface area contributed by atoms with Crippen LogP contribution in [-0.4, -0.2) is 19.6 Å². The average molecular weight is 197 g/mol. The topological polar surface area (TPSA) is 38.3 Å². The predicted molar refractivity (Wildman–Crippen MR) is 55.7 cm³/mol. The Morgan fingerprint density at radius 1 is 1.43 bits per heavy atom. The summed E-state index contributed by atoms with van der Waals surface area (Å²) in [6.07, 6.45) is 1.58. The van der Waals surface area contributed by atoms with E-state index >= 15 is 0 Å². The Balaban J connectivity index is 3.20. The fraction of sp³-hybridized carbons (Fsp3) is 0.727. The summed E-state index contributed by atoms with van der Waals surface area (Å²) in [5.41, 5.74) is 0.702. The van der Waals surface area contributed by atoms with E-state index in [0.717, 1.165) is 24.2 Å². The van der Waals surface area contributed by atoms with Gasteiger partial charge in [0.1, 0.15) is 11.2 Å². The summed E-state index contributed by atoms with van der Waals surface area (Å²) >= 11 is 0. The molecule has 0 saturated carbocycles. The molecule has 14 heavy (non-hydrogen) atoms. The lowest BCUT2D eigenvalue weighted by Gasteiger charge is -2.36. The maximum Gasteiger partial charge on any atom is 0.234 e. The second-order valence-electron chi connectivity index (χ2n) is 3.79. The van der Waals surface area contributed by atoms with Gasteiger partial charge in [-0.2, -0.15) is 0 Å². The lowest BCUT2D eigenvalue weighted by atomic mass is 9.76. The van der Waals surface area contributed by atoms with E-state index in [1.165, 1.54) is 0 Å². The van der Waals surface area contributed by atoms with Crippen LogP contribution in [0.5, 0.6) is 0 Å². The maximum atomic E-state index is 11.9. The number of carbonyl (C=O) groups excluding carboxylic acids is 1. The minimum atomic E-state index is -0.433. The van der Waals surface area contributed by atoms with Crippen molar-refractivity contribution in [3.8, 4) is 0 Å². The van der Waals surface area contributed by atoms with Crippen LogP contribution in [0.1, 0.15) is 33.6 Å². The van der Waals surface area contributed by atoms with Gasteiger partial charge in [0, 0.05) is 6.54 Å². The Hall–Kier alpha value is -0.990. The molecule has 1 N–H and O–H groups in total. The van der Waals surface area contributed by atoms with E-state index in [-0.39, 0.29) is 5.91 Å². The standard InChI is InChI=1S/C11H19NO2/c1-5-11(6-2)9(14-4)8(3)7-12-10(11)13/h5-7H2,1-4H3,(H,12,13). The summed E-state index contributed by atoms with van der Waals surface area (Å²) in [5, 5.41) is 2.91. The number of methoxy groups -OCH3 is 1. The van der Waals surface area contributed by atoms with Crippen molar-refractivity contribution >= 4 is 5.91 Å². The van der Waals surface area contributed by atoms with Crippen LogP contribution in [0.3, 0.4) is 0 Å². The fourth-order valence-corrected chi connectivity index (χ4v) is 2.24. The minimum Gasteiger partial charge on any atom is -0.500 e. The smallest absolute Gasteiger partial charge is 0.234 e. The van der Waals surface area contributed by atoms with E-state index in [1.807, 2.05) is 20.8 Å². The molecule has 0 aromatic heterocycles. The molecule has 1 heterocycles. The third-order valence-corrected chi connectivity index (χ3v) is 3.18. The molecular weight excluding hydrogens is 178 g/mol. The van der Waals surface area contributed by atoms with Crippen LogP contribution in [0.2, 0.25) is 0 Å². The highest BCUT2D eigenvalue weighted by Crippen LogP contribution is 2.39. The second kappa shape index (κ2) is 4.03. The van der Waals surface area contributed by atoms with Crippen LogP contribution in [-0.2, 0) is 9.53 Å². The number of hydrogen-bond acceptors (Lipinski definition) is 2. The maximum absolute atomic E-state index is 11.9. The van der Waals surface area contributed by atoms with Gasteiger partial charge in [0.25, 0.3) is 0 Å². The van der Waals surface area contributed by atoms with Gasteiger partial charge in [0.2, 0.25) is 5.91 Å². The SMILES string of the molecule is CCC1(CC)C(=O)NCC(C)=C1OC. The van der Waals surface area contributed by atoms with E-state index in [1.54, 1.807) is 7.11 Å². The summed E-state index contributed by atoms with van der Waals surface area (Å²) in [7, 11) is 1.65. The first kappa shape index (κ1) is 11.1. The largest absolute Gasteiger partial charge is 0.500 e. The first-order valence-corrected chi connectivity index (χ1v) is 5.14. The van der Waals surface area contributed by atoms with Crippen LogP contribution in [0, 0.1) is 5.41 Å². The van der Waals surface area contributed by atoms with E-state index in [9.17, 15) is 4.79 Å². The third-order valence-electron chi connectivity index (χ3n) is 3.18. The van der Waals surface area contributed by atoms with Crippen molar-refractivity contribution in [2.24, 2.45) is 5.41 Å². The molecule has 3 nitrogen and oxygen atoms in total. The first-order chi connectivity index (χ1) is 6.62. The Kier molecular flexibility index (Phi) is 3.19. The molecule has 0 fully saturated rings. The monoisotopic (exact) mass is 197 g/mol. The van der Waals surface area contributed by atoms with E-state index in [0.29, 0.717) is 6.54 Å². The van der Waals surface area contributed by atoms with Crippen molar-refractivity contribution in [2.75, 3.05) is 13.7 Å². The van der Waals surface area contributed by atoms with Crippen molar-refractivity contribution in [1.82, 2.24) is 5.32 Å². The summed E-state index contributed by atoms with van der Waals surface area (Å²) < 4.78 is 5.39. The van der Waals surface area contributed by atoms with Gasteiger partial charge in [-0.15, -0.1) is 0 Å². The van der Waals surface area contributed by atoms with E-state index in [4.69, 9.17) is 4.74 Å². The molecule has 0 saturated heterocycles. The van der Waals surface area contributed by atoms with E-state index < -0.39 is 5.41 Å². The molecule has 0 aromatic carbocycles. The summed E-state index contributed by atoms with van der Waals surface area (Å²) in [6, 6.07) is 0. The quantitative estimate of drug-likeness (QED) is 0.749. The minimum absolute atomic E-state index is 0.102. The number of hydrogen-bond donors (Lipinski definition) is 1. The molecule has 80 valence electrons. The molecular formula is C11H19NO2.